The van der Waals surface area contributed by atoms with Crippen LogP contribution in [0.1, 0.15) is 18.4 Å². The largest absolute Gasteiger partial charge is 0.354 e. The summed E-state index contributed by atoms with van der Waals surface area (Å²) < 4.78 is 29.3. The van der Waals surface area contributed by atoms with Crippen LogP contribution in [0.5, 0.6) is 0 Å². The number of amides is 1. The average Bonchev–Trinajstić information content (AvgIpc) is 3.54. The number of para-hydroxylation sites is 1. The van der Waals surface area contributed by atoms with Crippen molar-refractivity contribution in [1.82, 2.24) is 19.4 Å². The quantitative estimate of drug-likeness (QED) is 0.448. The summed E-state index contributed by atoms with van der Waals surface area (Å²) >= 11 is 0. The number of hydrogen-bond donors (Lipinski definition) is 1. The fourth-order valence-electron chi connectivity index (χ4n) is 3.75. The predicted molar refractivity (Wildman–Crippen MR) is 125 cm³/mol. The van der Waals surface area contributed by atoms with Crippen LogP contribution in [0.25, 0.3) is 23.0 Å². The minimum Gasteiger partial charge on any atom is -0.354 e. The molecule has 2 aromatic carbocycles. The maximum Gasteiger partial charge on any atom is 0.261 e. The molecule has 1 amide bonds. The van der Waals surface area contributed by atoms with Crippen molar-refractivity contribution in [2.45, 2.75) is 17.7 Å². The van der Waals surface area contributed by atoms with Crippen LogP contribution in [-0.4, -0.2) is 48.5 Å². The third-order valence-electron chi connectivity index (χ3n) is 5.47. The topological polar surface area (TPSA) is 108 Å². The van der Waals surface area contributed by atoms with Crippen molar-refractivity contribution in [2.24, 2.45) is 0 Å². The van der Waals surface area contributed by atoms with Crippen LogP contribution < -0.4 is 5.32 Å². The van der Waals surface area contributed by atoms with Crippen LogP contribution in [0, 0.1) is 11.3 Å². The van der Waals surface area contributed by atoms with E-state index < -0.39 is 15.9 Å². The first-order chi connectivity index (χ1) is 15.9. The molecule has 1 saturated heterocycles. The van der Waals surface area contributed by atoms with Gasteiger partial charge in [-0.05, 0) is 43.2 Å². The summed E-state index contributed by atoms with van der Waals surface area (Å²) in [7, 11) is -2.15. The van der Waals surface area contributed by atoms with Crippen LogP contribution in [0.3, 0.4) is 0 Å². The van der Waals surface area contributed by atoms with E-state index in [-0.39, 0.29) is 10.5 Å². The maximum atomic E-state index is 13.1. The first-order valence-electron chi connectivity index (χ1n) is 10.5. The fourth-order valence-corrected chi connectivity index (χ4v) is 5.31. The molecule has 4 rings (SSSR count). The molecule has 33 heavy (non-hydrogen) atoms. The second kappa shape index (κ2) is 9.40. The molecule has 1 aromatic heterocycles. The summed E-state index contributed by atoms with van der Waals surface area (Å²) in [6.07, 6.45) is 4.88. The number of nitrogens with one attached hydrogen (secondary N) is 1. The molecular weight excluding hydrogens is 438 g/mol. The van der Waals surface area contributed by atoms with E-state index >= 15 is 0 Å². The molecule has 9 heteroatoms. The number of rotatable bonds is 6. The third kappa shape index (κ3) is 4.58. The van der Waals surface area contributed by atoms with Gasteiger partial charge in [-0.2, -0.15) is 14.7 Å². The van der Waals surface area contributed by atoms with Crippen LogP contribution >= 0.6 is 0 Å². The highest BCUT2D eigenvalue weighted by molar-refractivity contribution is 7.89. The Morgan fingerprint density at radius 2 is 1.85 bits per heavy atom. The van der Waals surface area contributed by atoms with Crippen LogP contribution in [0.15, 0.2) is 71.3 Å². The molecule has 3 aromatic rings. The minimum absolute atomic E-state index is 0.0767. The van der Waals surface area contributed by atoms with Crippen LogP contribution in [0.2, 0.25) is 0 Å². The second-order valence-corrected chi connectivity index (χ2v) is 9.54. The number of sulfonamides is 1. The zero-order valence-corrected chi connectivity index (χ0v) is 18.9. The molecule has 0 spiro atoms. The molecule has 2 heterocycles. The molecule has 0 atom stereocenters. The van der Waals surface area contributed by atoms with Gasteiger partial charge in [-0.15, -0.1) is 0 Å². The lowest BCUT2D eigenvalue weighted by molar-refractivity contribution is -0.116. The van der Waals surface area contributed by atoms with Gasteiger partial charge in [0.1, 0.15) is 17.3 Å². The summed E-state index contributed by atoms with van der Waals surface area (Å²) in [5, 5.41) is 16.6. The van der Waals surface area contributed by atoms with Crippen molar-refractivity contribution in [3.63, 3.8) is 0 Å². The summed E-state index contributed by atoms with van der Waals surface area (Å²) in [6, 6.07) is 17.9. The molecule has 1 aliphatic rings. The molecule has 1 N–H and O–H groups in total. The van der Waals surface area contributed by atoms with Gasteiger partial charge in [0.25, 0.3) is 5.91 Å². The highest BCUT2D eigenvalue weighted by Gasteiger charge is 2.27. The second-order valence-electron chi connectivity index (χ2n) is 7.60. The molecule has 1 aliphatic heterocycles. The Hall–Kier alpha value is -3.74. The minimum atomic E-state index is -3.61. The summed E-state index contributed by atoms with van der Waals surface area (Å²) in [5.74, 6) is -0.513. The normalized spacial score (nSPS) is 14.7. The number of hydrogen-bond acceptors (Lipinski definition) is 5. The van der Waals surface area contributed by atoms with E-state index in [2.05, 4.69) is 10.4 Å². The highest BCUT2D eigenvalue weighted by atomic mass is 32.2. The number of benzene rings is 2. The lowest BCUT2D eigenvalue weighted by Gasteiger charge is -2.16. The Labute approximate surface area is 192 Å². The van der Waals surface area contributed by atoms with Crippen molar-refractivity contribution >= 4 is 22.0 Å². The first kappa shape index (κ1) is 22.5. The zero-order chi connectivity index (χ0) is 23.4. The van der Waals surface area contributed by atoms with Crippen molar-refractivity contribution in [3.05, 3.63) is 71.9 Å². The van der Waals surface area contributed by atoms with Gasteiger partial charge in [0.15, 0.2) is 0 Å². The van der Waals surface area contributed by atoms with E-state index in [1.807, 2.05) is 36.4 Å². The van der Waals surface area contributed by atoms with E-state index in [0.717, 1.165) is 18.5 Å². The Morgan fingerprint density at radius 3 is 2.52 bits per heavy atom. The number of nitriles is 1. The zero-order valence-electron chi connectivity index (χ0n) is 18.1. The number of aromatic nitrogens is 2. The van der Waals surface area contributed by atoms with Crippen LogP contribution in [-0.2, 0) is 14.8 Å². The number of carbonyl (C=O) groups excluding carboxylic acids is 1. The van der Waals surface area contributed by atoms with Crippen LogP contribution in [0.4, 0.5) is 0 Å². The predicted octanol–water partition coefficient (Wildman–Crippen LogP) is 2.98. The summed E-state index contributed by atoms with van der Waals surface area (Å²) in [4.78, 5) is 12.3. The molecule has 0 radical (unpaired) electrons. The van der Waals surface area contributed by atoms with E-state index in [1.165, 1.54) is 17.4 Å². The van der Waals surface area contributed by atoms with E-state index in [0.29, 0.717) is 29.9 Å². The SMILES string of the molecule is CNC(=O)C(C#N)=Cc1cn(-c2ccccc2)nc1-c1cccc(S(=O)(=O)N2CCCC2)c1. The summed E-state index contributed by atoms with van der Waals surface area (Å²) in [6.45, 7) is 1.03. The molecule has 8 nitrogen and oxygen atoms in total. The van der Waals surface area contributed by atoms with Gasteiger partial charge in [-0.25, -0.2) is 13.1 Å². The Morgan fingerprint density at radius 1 is 1.12 bits per heavy atom. The monoisotopic (exact) mass is 461 g/mol. The van der Waals surface area contributed by atoms with Gasteiger partial charge in [0, 0.05) is 37.5 Å². The van der Waals surface area contributed by atoms with Gasteiger partial charge < -0.3 is 5.32 Å². The standard InChI is InChI=1S/C24H23N5O3S/c1-26-24(30)19(16-25)14-20-17-29(21-9-3-2-4-10-21)27-23(20)18-8-7-11-22(15-18)33(31,32)28-12-5-6-13-28/h2-4,7-11,14-15,17H,5-6,12-13H2,1H3,(H,26,30). The Bertz CT molecular complexity index is 1350. The van der Waals surface area contributed by atoms with E-state index in [9.17, 15) is 18.5 Å². The smallest absolute Gasteiger partial charge is 0.261 e. The molecule has 1 fully saturated rings. The third-order valence-corrected chi connectivity index (χ3v) is 7.36. The van der Waals surface area contributed by atoms with E-state index in [1.54, 1.807) is 35.1 Å². The molecule has 0 bridgehead atoms. The Balaban J connectivity index is 1.85. The van der Waals surface area contributed by atoms with Gasteiger partial charge in [-0.3, -0.25) is 4.79 Å². The lowest BCUT2D eigenvalue weighted by atomic mass is 10.1. The lowest BCUT2D eigenvalue weighted by Crippen LogP contribution is -2.27. The Kier molecular flexibility index (Phi) is 6.40. The molecule has 0 unspecified atom stereocenters. The number of nitrogens with zero attached hydrogens (tertiary/aromatic N) is 4. The van der Waals surface area contributed by atoms with Gasteiger partial charge in [0.2, 0.25) is 10.0 Å². The van der Waals surface area contributed by atoms with Crippen molar-refractivity contribution in [3.8, 4) is 23.0 Å². The maximum absolute atomic E-state index is 13.1. The summed E-state index contributed by atoms with van der Waals surface area (Å²) in [5.41, 5.74) is 2.28. The number of carbonyl (C=O) groups is 1. The fraction of sp³-hybridized carbons (Fsp3) is 0.208. The van der Waals surface area contributed by atoms with Gasteiger partial charge in [0.05, 0.1) is 10.6 Å². The van der Waals surface area contributed by atoms with E-state index in [4.69, 9.17) is 0 Å². The molecular formula is C24H23N5O3S. The van der Waals surface area contributed by atoms with Crippen molar-refractivity contribution in [1.29, 1.82) is 5.26 Å². The number of likely N-dealkylation sites (N-methyl/N-ethyl adjacent to an activating group) is 1. The average molecular weight is 462 g/mol. The molecule has 168 valence electrons. The van der Waals surface area contributed by atoms with Gasteiger partial charge in [-0.1, -0.05) is 30.3 Å². The van der Waals surface area contributed by atoms with Crippen molar-refractivity contribution in [2.75, 3.05) is 20.1 Å². The molecule has 0 aliphatic carbocycles. The van der Waals surface area contributed by atoms with Gasteiger partial charge >= 0.3 is 0 Å². The highest BCUT2D eigenvalue weighted by Crippen LogP contribution is 2.29. The molecule has 0 saturated carbocycles. The first-order valence-corrected chi connectivity index (χ1v) is 12.0. The van der Waals surface area contributed by atoms with Crippen molar-refractivity contribution < 1.29 is 13.2 Å².